The minimum Gasteiger partial charge on any atom is -0.0928 e. The highest BCUT2D eigenvalue weighted by Gasteiger charge is 2.28. The molecule has 0 amide bonds. The summed E-state index contributed by atoms with van der Waals surface area (Å²) in [4.78, 5) is 0. The Morgan fingerprint density at radius 2 is 0.613 bits per heavy atom. The van der Waals surface area contributed by atoms with Gasteiger partial charge in [0.25, 0.3) is 0 Å². The molecule has 0 N–H and O–H groups in total. The SMILES string of the molecule is CCCCCCCCCCC(CCCBr)(CCCCCCCC)CCCCCCCC. The van der Waals surface area contributed by atoms with Crippen molar-refractivity contribution in [1.82, 2.24) is 0 Å². The molecule has 31 heavy (non-hydrogen) atoms. The van der Waals surface area contributed by atoms with Crippen molar-refractivity contribution in [1.29, 1.82) is 0 Å². The van der Waals surface area contributed by atoms with E-state index in [1.807, 2.05) is 0 Å². The molecule has 0 spiro atoms. The van der Waals surface area contributed by atoms with Gasteiger partial charge in [0, 0.05) is 5.33 Å². The van der Waals surface area contributed by atoms with Gasteiger partial charge in [0.05, 0.1) is 0 Å². The summed E-state index contributed by atoms with van der Waals surface area (Å²) in [6, 6.07) is 0. The van der Waals surface area contributed by atoms with Gasteiger partial charge >= 0.3 is 0 Å². The first-order valence-corrected chi connectivity index (χ1v) is 15.9. The Hall–Kier alpha value is 0.480. The Morgan fingerprint density at radius 1 is 0.355 bits per heavy atom. The molecule has 0 aliphatic carbocycles. The van der Waals surface area contributed by atoms with Gasteiger partial charge < -0.3 is 0 Å². The van der Waals surface area contributed by atoms with Crippen LogP contribution in [-0.2, 0) is 0 Å². The molecule has 0 saturated heterocycles. The van der Waals surface area contributed by atoms with Gasteiger partial charge in [0.2, 0.25) is 0 Å². The smallest absolute Gasteiger partial charge is 0.00315 e. The Labute approximate surface area is 207 Å². The summed E-state index contributed by atoms with van der Waals surface area (Å²) in [5.74, 6) is 0. The van der Waals surface area contributed by atoms with Crippen LogP contribution >= 0.6 is 15.9 Å². The molecular formula is C30H61Br. The molecule has 0 rings (SSSR count). The molecule has 0 unspecified atom stereocenters. The van der Waals surface area contributed by atoms with Crippen molar-refractivity contribution in [2.24, 2.45) is 5.41 Å². The second-order valence-electron chi connectivity index (χ2n) is 10.6. The molecule has 1 heteroatoms. The minimum absolute atomic E-state index is 0.658. The van der Waals surface area contributed by atoms with Crippen LogP contribution in [0.4, 0.5) is 0 Å². The quantitative estimate of drug-likeness (QED) is 0.0816. The first kappa shape index (κ1) is 31.5. The summed E-state index contributed by atoms with van der Waals surface area (Å²) in [5.41, 5.74) is 0.658. The van der Waals surface area contributed by atoms with E-state index in [2.05, 4.69) is 36.7 Å². The Balaban J connectivity index is 4.49. The molecule has 0 nitrogen and oxygen atoms in total. The van der Waals surface area contributed by atoms with Gasteiger partial charge in [-0.2, -0.15) is 0 Å². The van der Waals surface area contributed by atoms with Gasteiger partial charge in [0.1, 0.15) is 0 Å². The van der Waals surface area contributed by atoms with Crippen LogP contribution in [0, 0.1) is 5.41 Å². The average Bonchev–Trinajstić information content (AvgIpc) is 2.78. The van der Waals surface area contributed by atoms with Crippen molar-refractivity contribution in [2.75, 3.05) is 5.33 Å². The van der Waals surface area contributed by atoms with Crippen molar-refractivity contribution in [3.63, 3.8) is 0 Å². The molecule has 0 aromatic carbocycles. The number of hydrogen-bond donors (Lipinski definition) is 0. The van der Waals surface area contributed by atoms with Gasteiger partial charge in [-0.3, -0.25) is 0 Å². The zero-order valence-corrected chi connectivity index (χ0v) is 23.8. The molecule has 0 aromatic rings. The summed E-state index contributed by atoms with van der Waals surface area (Å²) in [5, 5.41) is 1.19. The predicted molar refractivity (Wildman–Crippen MR) is 149 cm³/mol. The van der Waals surface area contributed by atoms with Crippen molar-refractivity contribution >= 4 is 15.9 Å². The summed E-state index contributed by atoms with van der Waals surface area (Å²) in [6.45, 7) is 6.98. The first-order chi connectivity index (χ1) is 15.2. The van der Waals surface area contributed by atoms with Crippen LogP contribution in [0.2, 0.25) is 0 Å². The number of hydrogen-bond acceptors (Lipinski definition) is 0. The second-order valence-corrected chi connectivity index (χ2v) is 11.3. The maximum absolute atomic E-state index is 3.75. The predicted octanol–water partition coefficient (Wildman–Crippen LogP) is 12.2. The largest absolute Gasteiger partial charge is 0.0928 e. The second kappa shape index (κ2) is 25.1. The first-order valence-electron chi connectivity index (χ1n) is 14.8. The van der Waals surface area contributed by atoms with Crippen molar-refractivity contribution in [3.05, 3.63) is 0 Å². The lowest BCUT2D eigenvalue weighted by Crippen LogP contribution is -2.22. The Bertz CT molecular complexity index is 308. The van der Waals surface area contributed by atoms with E-state index in [-0.39, 0.29) is 0 Å². The molecule has 0 fully saturated rings. The zero-order valence-electron chi connectivity index (χ0n) is 22.3. The van der Waals surface area contributed by atoms with E-state index >= 15 is 0 Å². The lowest BCUT2D eigenvalue weighted by atomic mass is 9.71. The fraction of sp³-hybridized carbons (Fsp3) is 1.00. The highest BCUT2D eigenvalue weighted by atomic mass is 79.9. The molecule has 0 atom stereocenters. The maximum atomic E-state index is 3.75. The topological polar surface area (TPSA) is 0 Å². The molecular weight excluding hydrogens is 440 g/mol. The van der Waals surface area contributed by atoms with E-state index in [0.717, 1.165) is 0 Å². The van der Waals surface area contributed by atoms with Crippen LogP contribution < -0.4 is 0 Å². The van der Waals surface area contributed by atoms with Crippen LogP contribution in [0.3, 0.4) is 0 Å². The number of rotatable bonds is 26. The maximum Gasteiger partial charge on any atom is 0.00315 e. The molecule has 0 radical (unpaired) electrons. The molecule has 0 aliphatic rings. The fourth-order valence-electron chi connectivity index (χ4n) is 5.39. The van der Waals surface area contributed by atoms with Crippen LogP contribution in [0.15, 0.2) is 0 Å². The van der Waals surface area contributed by atoms with Gasteiger partial charge in [-0.05, 0) is 37.5 Å². The summed E-state index contributed by atoms with van der Waals surface area (Å²) < 4.78 is 0. The van der Waals surface area contributed by atoms with E-state index in [4.69, 9.17) is 0 Å². The lowest BCUT2D eigenvalue weighted by molar-refractivity contribution is 0.176. The third kappa shape index (κ3) is 20.8. The normalized spacial score (nSPS) is 12.0. The van der Waals surface area contributed by atoms with Crippen LogP contribution in [0.25, 0.3) is 0 Å². The van der Waals surface area contributed by atoms with Crippen LogP contribution in [0.1, 0.15) is 181 Å². The standard InChI is InChI=1S/C30H61Br/c1-4-7-10-13-16-17-20-23-27-30(28-24-29-31,25-21-18-14-11-8-5-2)26-22-19-15-12-9-6-3/h4-29H2,1-3H3. The number of unbranched alkanes of at least 4 members (excludes halogenated alkanes) is 17. The molecule has 0 aromatic heterocycles. The minimum atomic E-state index is 0.658. The van der Waals surface area contributed by atoms with E-state index in [1.54, 1.807) is 0 Å². The summed E-state index contributed by atoms with van der Waals surface area (Å²) in [7, 11) is 0. The van der Waals surface area contributed by atoms with Crippen molar-refractivity contribution in [2.45, 2.75) is 181 Å². The molecule has 0 heterocycles. The summed E-state index contributed by atoms with van der Waals surface area (Å²) in [6.07, 6.45) is 36.4. The Morgan fingerprint density at radius 3 is 0.903 bits per heavy atom. The van der Waals surface area contributed by atoms with Crippen molar-refractivity contribution in [3.8, 4) is 0 Å². The Kier molecular flexibility index (Phi) is 25.5. The van der Waals surface area contributed by atoms with Crippen molar-refractivity contribution < 1.29 is 0 Å². The monoisotopic (exact) mass is 500 g/mol. The summed E-state index contributed by atoms with van der Waals surface area (Å²) >= 11 is 3.75. The highest BCUT2D eigenvalue weighted by molar-refractivity contribution is 9.09. The highest BCUT2D eigenvalue weighted by Crippen LogP contribution is 2.41. The van der Waals surface area contributed by atoms with Crippen LogP contribution in [-0.4, -0.2) is 5.33 Å². The fourth-order valence-corrected chi connectivity index (χ4v) is 5.67. The number of halogens is 1. The van der Waals surface area contributed by atoms with Crippen LogP contribution in [0.5, 0.6) is 0 Å². The van der Waals surface area contributed by atoms with Gasteiger partial charge in [0.15, 0.2) is 0 Å². The molecule has 188 valence electrons. The van der Waals surface area contributed by atoms with E-state index < -0.39 is 0 Å². The van der Waals surface area contributed by atoms with Gasteiger partial charge in [-0.1, -0.05) is 165 Å². The van der Waals surface area contributed by atoms with E-state index in [1.165, 1.54) is 166 Å². The van der Waals surface area contributed by atoms with E-state index in [9.17, 15) is 0 Å². The third-order valence-corrected chi connectivity index (χ3v) is 8.08. The van der Waals surface area contributed by atoms with Gasteiger partial charge in [-0.25, -0.2) is 0 Å². The van der Waals surface area contributed by atoms with E-state index in [0.29, 0.717) is 5.41 Å². The zero-order chi connectivity index (χ0) is 22.9. The molecule has 0 saturated carbocycles. The molecule has 0 bridgehead atoms. The number of alkyl halides is 1. The molecule has 0 aliphatic heterocycles. The lowest BCUT2D eigenvalue weighted by Gasteiger charge is -2.35. The van der Waals surface area contributed by atoms with Gasteiger partial charge in [-0.15, -0.1) is 0 Å². The average molecular weight is 502 g/mol. The third-order valence-electron chi connectivity index (χ3n) is 7.52.